The Morgan fingerprint density at radius 2 is 1.97 bits per heavy atom. The van der Waals surface area contributed by atoms with Crippen molar-refractivity contribution in [1.82, 2.24) is 4.57 Å². The molecule has 154 valence electrons. The minimum Gasteiger partial charge on any atom is -0.454 e. The van der Waals surface area contributed by atoms with Gasteiger partial charge in [0.1, 0.15) is 0 Å². The summed E-state index contributed by atoms with van der Waals surface area (Å²) < 4.78 is 7.34. The van der Waals surface area contributed by atoms with Crippen LogP contribution in [-0.2, 0) is 16.1 Å². The Bertz CT molecular complexity index is 964. The monoisotopic (exact) mass is 416 g/mol. The minimum absolute atomic E-state index is 0.0185. The van der Waals surface area contributed by atoms with Crippen LogP contribution in [-0.4, -0.2) is 35.4 Å². The van der Waals surface area contributed by atoms with Crippen LogP contribution in [0.25, 0.3) is 0 Å². The summed E-state index contributed by atoms with van der Waals surface area (Å²) in [5.74, 6) is -0.877. The molecule has 0 bridgehead atoms. The lowest BCUT2D eigenvalue weighted by Crippen LogP contribution is -2.24. The molecule has 0 aliphatic carbocycles. The van der Waals surface area contributed by atoms with Crippen LogP contribution in [0.5, 0.6) is 0 Å². The van der Waals surface area contributed by atoms with Crippen LogP contribution in [0, 0.1) is 13.8 Å². The van der Waals surface area contributed by atoms with Crippen molar-refractivity contribution in [3.8, 4) is 0 Å². The third-order valence-corrected chi connectivity index (χ3v) is 5.52. The number of ketones is 1. The molecule has 7 heteroatoms. The highest BCUT2D eigenvalue weighted by Crippen LogP contribution is 2.30. The van der Waals surface area contributed by atoms with Gasteiger partial charge in [0, 0.05) is 36.5 Å². The summed E-state index contributed by atoms with van der Waals surface area (Å²) in [5.41, 5.74) is 3.22. The van der Waals surface area contributed by atoms with Crippen molar-refractivity contribution in [2.45, 2.75) is 46.6 Å². The van der Waals surface area contributed by atoms with Crippen LogP contribution in [0.4, 0.5) is 5.69 Å². The lowest BCUT2D eigenvalue weighted by molar-refractivity contribution is -0.117. The third-order valence-electron chi connectivity index (χ3n) is 5.20. The molecule has 1 aliphatic rings. The number of Topliss-reactive ketones (excluding diaryl/α,β-unsaturated/α-hetero) is 1. The lowest BCUT2D eigenvalue weighted by Gasteiger charge is -2.18. The van der Waals surface area contributed by atoms with Gasteiger partial charge in [-0.2, -0.15) is 0 Å². The maximum Gasteiger partial charge on any atom is 0.338 e. The van der Waals surface area contributed by atoms with Gasteiger partial charge in [0.2, 0.25) is 11.7 Å². The molecular weight excluding hydrogens is 392 g/mol. The SMILES string of the molecule is CCCn1c(C)cc(C(=O)COC(=O)c2ccc(Cl)c(N3CCCC3=O)c2)c1C. The van der Waals surface area contributed by atoms with E-state index >= 15 is 0 Å². The molecule has 1 aromatic carbocycles. The van der Waals surface area contributed by atoms with Gasteiger partial charge in [-0.25, -0.2) is 4.79 Å². The average Bonchev–Trinajstić information content (AvgIpc) is 3.24. The van der Waals surface area contributed by atoms with Gasteiger partial charge in [-0.05, 0) is 51.0 Å². The van der Waals surface area contributed by atoms with E-state index in [1.807, 2.05) is 19.9 Å². The molecule has 1 amide bonds. The second kappa shape index (κ2) is 8.82. The summed E-state index contributed by atoms with van der Waals surface area (Å²) >= 11 is 6.21. The first kappa shape index (κ1) is 21.1. The van der Waals surface area contributed by atoms with Crippen LogP contribution >= 0.6 is 11.6 Å². The van der Waals surface area contributed by atoms with Gasteiger partial charge in [0.05, 0.1) is 16.3 Å². The van der Waals surface area contributed by atoms with E-state index < -0.39 is 5.97 Å². The molecule has 2 heterocycles. The Labute approximate surface area is 175 Å². The molecule has 0 saturated carbocycles. The molecule has 1 aromatic heterocycles. The summed E-state index contributed by atoms with van der Waals surface area (Å²) in [4.78, 5) is 38.6. The van der Waals surface area contributed by atoms with Gasteiger partial charge in [-0.1, -0.05) is 18.5 Å². The summed E-state index contributed by atoms with van der Waals surface area (Å²) in [7, 11) is 0. The van der Waals surface area contributed by atoms with Crippen LogP contribution in [0.15, 0.2) is 24.3 Å². The Kier molecular flexibility index (Phi) is 6.42. The molecule has 0 radical (unpaired) electrons. The summed E-state index contributed by atoms with van der Waals surface area (Å²) in [6.45, 7) is 7.01. The molecule has 1 aliphatic heterocycles. The van der Waals surface area contributed by atoms with Crippen molar-refractivity contribution in [2.24, 2.45) is 0 Å². The van der Waals surface area contributed by atoms with Crippen LogP contribution < -0.4 is 4.90 Å². The Morgan fingerprint density at radius 1 is 1.21 bits per heavy atom. The minimum atomic E-state index is -0.620. The predicted molar refractivity (Wildman–Crippen MR) is 112 cm³/mol. The van der Waals surface area contributed by atoms with Crippen molar-refractivity contribution in [3.63, 3.8) is 0 Å². The number of esters is 1. The van der Waals surface area contributed by atoms with E-state index in [2.05, 4.69) is 11.5 Å². The molecular formula is C22H25ClN2O4. The topological polar surface area (TPSA) is 68.6 Å². The van der Waals surface area contributed by atoms with Crippen molar-refractivity contribution >= 4 is 34.9 Å². The van der Waals surface area contributed by atoms with E-state index in [-0.39, 0.29) is 23.9 Å². The maximum absolute atomic E-state index is 12.6. The quantitative estimate of drug-likeness (QED) is 0.497. The molecule has 1 fully saturated rings. The fraction of sp³-hybridized carbons (Fsp3) is 0.409. The normalized spacial score (nSPS) is 13.8. The predicted octanol–water partition coefficient (Wildman–Crippen LogP) is 4.33. The van der Waals surface area contributed by atoms with Gasteiger partial charge in [0.25, 0.3) is 0 Å². The van der Waals surface area contributed by atoms with Gasteiger partial charge < -0.3 is 14.2 Å². The fourth-order valence-electron chi connectivity index (χ4n) is 3.69. The van der Waals surface area contributed by atoms with Gasteiger partial charge in [0.15, 0.2) is 6.61 Å². The highest BCUT2D eigenvalue weighted by atomic mass is 35.5. The zero-order valence-electron chi connectivity index (χ0n) is 17.0. The van der Waals surface area contributed by atoms with Crippen LogP contribution in [0.2, 0.25) is 5.02 Å². The van der Waals surface area contributed by atoms with E-state index in [4.69, 9.17) is 16.3 Å². The van der Waals surface area contributed by atoms with Gasteiger partial charge in [-0.3, -0.25) is 9.59 Å². The number of anilines is 1. The third kappa shape index (κ3) is 4.37. The van der Waals surface area contributed by atoms with E-state index in [0.717, 1.165) is 30.8 Å². The highest BCUT2D eigenvalue weighted by Gasteiger charge is 2.25. The zero-order chi connectivity index (χ0) is 21.1. The number of rotatable bonds is 7. The van der Waals surface area contributed by atoms with Crippen molar-refractivity contribution in [3.05, 3.63) is 51.8 Å². The van der Waals surface area contributed by atoms with Crippen molar-refractivity contribution < 1.29 is 19.1 Å². The fourth-order valence-corrected chi connectivity index (χ4v) is 3.91. The van der Waals surface area contributed by atoms with E-state index in [1.54, 1.807) is 17.0 Å². The number of aromatic nitrogens is 1. The summed E-state index contributed by atoms with van der Waals surface area (Å²) in [6.07, 6.45) is 2.20. The molecule has 1 saturated heterocycles. The van der Waals surface area contributed by atoms with Crippen molar-refractivity contribution in [1.29, 1.82) is 0 Å². The lowest BCUT2D eigenvalue weighted by atomic mass is 10.1. The van der Waals surface area contributed by atoms with E-state index in [1.165, 1.54) is 6.07 Å². The average molecular weight is 417 g/mol. The highest BCUT2D eigenvalue weighted by molar-refractivity contribution is 6.34. The van der Waals surface area contributed by atoms with Gasteiger partial charge in [-0.15, -0.1) is 0 Å². The molecule has 29 heavy (non-hydrogen) atoms. The smallest absolute Gasteiger partial charge is 0.338 e. The van der Waals surface area contributed by atoms with Crippen molar-refractivity contribution in [2.75, 3.05) is 18.1 Å². The maximum atomic E-state index is 12.6. The molecule has 3 rings (SSSR count). The number of halogens is 1. The number of nitrogens with zero attached hydrogens (tertiary/aromatic N) is 2. The number of ether oxygens (including phenoxy) is 1. The largest absolute Gasteiger partial charge is 0.454 e. The number of benzene rings is 1. The van der Waals surface area contributed by atoms with Crippen LogP contribution in [0.3, 0.4) is 0 Å². The number of amides is 1. The zero-order valence-corrected chi connectivity index (χ0v) is 17.7. The van der Waals surface area contributed by atoms with Crippen LogP contribution in [0.1, 0.15) is 58.3 Å². The van der Waals surface area contributed by atoms with Gasteiger partial charge >= 0.3 is 5.97 Å². The number of aryl methyl sites for hydroxylation is 1. The first-order chi connectivity index (χ1) is 13.8. The first-order valence-electron chi connectivity index (χ1n) is 9.80. The second-order valence-corrected chi connectivity index (χ2v) is 7.66. The molecule has 0 unspecified atom stereocenters. The summed E-state index contributed by atoms with van der Waals surface area (Å²) in [6, 6.07) is 6.48. The van der Waals surface area contributed by atoms with E-state index in [0.29, 0.717) is 29.2 Å². The second-order valence-electron chi connectivity index (χ2n) is 7.25. The number of carbonyl (C=O) groups is 3. The molecule has 2 aromatic rings. The van der Waals surface area contributed by atoms with E-state index in [9.17, 15) is 14.4 Å². The number of hydrogen-bond acceptors (Lipinski definition) is 4. The summed E-state index contributed by atoms with van der Waals surface area (Å²) in [5, 5.41) is 0.399. The Morgan fingerprint density at radius 3 is 2.62 bits per heavy atom. The Hall–Kier alpha value is -2.60. The molecule has 0 N–H and O–H groups in total. The number of carbonyl (C=O) groups excluding carboxylic acids is 3. The Balaban J connectivity index is 1.70. The molecule has 6 nitrogen and oxygen atoms in total. The first-order valence-corrected chi connectivity index (χ1v) is 10.2. The standard InChI is InChI=1S/C22H25ClN2O4/c1-4-9-24-14(2)11-17(15(24)3)20(26)13-29-22(28)16-7-8-18(23)19(12-16)25-10-5-6-21(25)27/h7-8,11-12H,4-6,9-10,13H2,1-3H3. The number of hydrogen-bond donors (Lipinski definition) is 0. The molecule has 0 atom stereocenters. The molecule has 0 spiro atoms.